The summed E-state index contributed by atoms with van der Waals surface area (Å²) in [7, 11) is 1.62. The number of likely N-dealkylation sites (N-methyl/N-ethyl adjacent to an activating group) is 1. The molecule has 2 aromatic rings. The Labute approximate surface area is 147 Å². The van der Waals surface area contributed by atoms with Crippen LogP contribution in [0.1, 0.15) is 6.92 Å². The van der Waals surface area contributed by atoms with E-state index in [0.717, 1.165) is 29.7 Å². The maximum Gasteiger partial charge on any atom is 0.239 e. The van der Waals surface area contributed by atoms with E-state index in [1.54, 1.807) is 7.05 Å². The van der Waals surface area contributed by atoms with Gasteiger partial charge in [-0.25, -0.2) is 0 Å². The van der Waals surface area contributed by atoms with Crippen LogP contribution in [0.5, 0.6) is 0 Å². The van der Waals surface area contributed by atoms with Gasteiger partial charge in [-0.1, -0.05) is 13.0 Å². The van der Waals surface area contributed by atoms with Gasteiger partial charge in [-0.05, 0) is 42.6 Å². The van der Waals surface area contributed by atoms with E-state index in [4.69, 9.17) is 0 Å². The van der Waals surface area contributed by atoms with Gasteiger partial charge in [0.25, 0.3) is 0 Å². The molecular weight excluding hydrogens is 328 g/mol. The van der Waals surface area contributed by atoms with Crippen molar-refractivity contribution in [1.82, 2.24) is 15.2 Å². The van der Waals surface area contributed by atoms with E-state index >= 15 is 0 Å². The number of nitrogens with zero attached hydrogens (tertiary/aromatic N) is 1. The van der Waals surface area contributed by atoms with Crippen LogP contribution >= 0.6 is 12.4 Å². The van der Waals surface area contributed by atoms with Crippen molar-refractivity contribution in [3.63, 3.8) is 0 Å². The van der Waals surface area contributed by atoms with Crippen molar-refractivity contribution >= 4 is 40.8 Å². The van der Waals surface area contributed by atoms with Gasteiger partial charge in [-0.3, -0.25) is 9.59 Å². The van der Waals surface area contributed by atoms with Gasteiger partial charge in [-0.2, -0.15) is 0 Å². The molecule has 0 radical (unpaired) electrons. The van der Waals surface area contributed by atoms with E-state index < -0.39 is 0 Å². The van der Waals surface area contributed by atoms with E-state index in [1.165, 1.54) is 0 Å². The standard InChI is InChI=1S/C17H22N4O2.ClH/c1-11(13-8-19-9-13)17(23)20-14-4-3-12-5-6-21(15(12)7-14)10-16(22)18-2;/h3-7,11,13,19H,8-10H2,1-2H3,(H,18,22)(H,20,23);1H. The highest BCUT2D eigenvalue weighted by Gasteiger charge is 2.28. The fourth-order valence-electron chi connectivity index (χ4n) is 2.77. The van der Waals surface area contributed by atoms with Crippen LogP contribution < -0.4 is 16.0 Å². The Kier molecular flexibility index (Phi) is 5.85. The Bertz CT molecular complexity index is 739. The van der Waals surface area contributed by atoms with Crippen molar-refractivity contribution in [2.45, 2.75) is 13.5 Å². The second-order valence-electron chi connectivity index (χ2n) is 6.09. The molecule has 6 nitrogen and oxygen atoms in total. The third-order valence-corrected chi connectivity index (χ3v) is 4.57. The number of hydrogen-bond acceptors (Lipinski definition) is 3. The first kappa shape index (κ1) is 18.3. The number of anilines is 1. The van der Waals surface area contributed by atoms with Crippen LogP contribution in [-0.4, -0.2) is 36.5 Å². The molecule has 1 aliphatic heterocycles. The Morgan fingerprint density at radius 1 is 1.33 bits per heavy atom. The second kappa shape index (κ2) is 7.68. The number of halogens is 1. The minimum Gasteiger partial charge on any atom is -0.358 e. The van der Waals surface area contributed by atoms with E-state index in [0.29, 0.717) is 5.92 Å². The van der Waals surface area contributed by atoms with Crippen LogP contribution in [0.2, 0.25) is 0 Å². The molecule has 0 aliphatic carbocycles. The molecule has 3 N–H and O–H groups in total. The molecule has 0 spiro atoms. The van der Waals surface area contributed by atoms with Gasteiger partial charge in [0.1, 0.15) is 6.54 Å². The van der Waals surface area contributed by atoms with Crippen LogP contribution in [0.4, 0.5) is 5.69 Å². The first-order chi connectivity index (χ1) is 11.1. The van der Waals surface area contributed by atoms with Gasteiger partial charge < -0.3 is 20.5 Å². The van der Waals surface area contributed by atoms with Crippen molar-refractivity contribution in [1.29, 1.82) is 0 Å². The maximum absolute atomic E-state index is 12.3. The number of amides is 2. The van der Waals surface area contributed by atoms with Gasteiger partial charge in [0.2, 0.25) is 11.8 Å². The van der Waals surface area contributed by atoms with Crippen LogP contribution in [0, 0.1) is 11.8 Å². The smallest absolute Gasteiger partial charge is 0.239 e. The van der Waals surface area contributed by atoms with Crippen molar-refractivity contribution in [3.05, 3.63) is 30.5 Å². The lowest BCUT2D eigenvalue weighted by molar-refractivity contribution is -0.122. The maximum atomic E-state index is 12.3. The fourth-order valence-corrected chi connectivity index (χ4v) is 2.77. The van der Waals surface area contributed by atoms with Gasteiger partial charge in [0, 0.05) is 24.8 Å². The molecule has 1 aromatic carbocycles. The number of benzene rings is 1. The van der Waals surface area contributed by atoms with Crippen LogP contribution in [0.15, 0.2) is 30.5 Å². The number of fused-ring (bicyclic) bond motifs is 1. The monoisotopic (exact) mass is 350 g/mol. The molecule has 7 heteroatoms. The number of rotatable bonds is 5. The lowest BCUT2D eigenvalue weighted by atomic mass is 9.88. The number of carbonyl (C=O) groups is 2. The average molecular weight is 351 g/mol. The zero-order chi connectivity index (χ0) is 16.4. The van der Waals surface area contributed by atoms with Crippen LogP contribution in [-0.2, 0) is 16.1 Å². The Hall–Kier alpha value is -2.05. The first-order valence-electron chi connectivity index (χ1n) is 7.89. The molecule has 2 heterocycles. The molecule has 1 aliphatic rings. The molecule has 1 atom stereocenters. The van der Waals surface area contributed by atoms with Crippen LogP contribution in [0.3, 0.4) is 0 Å². The summed E-state index contributed by atoms with van der Waals surface area (Å²) in [5.41, 5.74) is 1.70. The summed E-state index contributed by atoms with van der Waals surface area (Å²) in [6, 6.07) is 7.74. The molecule has 1 unspecified atom stereocenters. The predicted octanol–water partition coefficient (Wildman–Crippen LogP) is 1.60. The summed E-state index contributed by atoms with van der Waals surface area (Å²) in [6.07, 6.45) is 1.88. The number of hydrogen-bond donors (Lipinski definition) is 3. The van der Waals surface area contributed by atoms with E-state index in [-0.39, 0.29) is 36.7 Å². The van der Waals surface area contributed by atoms with Crippen LogP contribution in [0.25, 0.3) is 10.9 Å². The molecule has 0 bridgehead atoms. The molecule has 3 rings (SSSR count). The molecule has 24 heavy (non-hydrogen) atoms. The largest absolute Gasteiger partial charge is 0.358 e. The normalized spacial score (nSPS) is 15.2. The summed E-state index contributed by atoms with van der Waals surface area (Å²) >= 11 is 0. The molecule has 1 saturated heterocycles. The highest BCUT2D eigenvalue weighted by molar-refractivity contribution is 5.95. The van der Waals surface area contributed by atoms with Gasteiger partial charge in [0.05, 0.1) is 5.52 Å². The predicted molar refractivity (Wildman–Crippen MR) is 97.4 cm³/mol. The zero-order valence-corrected chi connectivity index (χ0v) is 14.7. The van der Waals surface area contributed by atoms with Gasteiger partial charge in [-0.15, -0.1) is 12.4 Å². The topological polar surface area (TPSA) is 75.2 Å². The lowest BCUT2D eigenvalue weighted by Gasteiger charge is -2.31. The van der Waals surface area contributed by atoms with Gasteiger partial charge in [0.15, 0.2) is 0 Å². The van der Waals surface area contributed by atoms with Crippen molar-refractivity contribution in [3.8, 4) is 0 Å². The third kappa shape index (κ3) is 3.71. The average Bonchev–Trinajstić information content (AvgIpc) is 2.87. The highest BCUT2D eigenvalue weighted by atomic mass is 35.5. The summed E-state index contributed by atoms with van der Waals surface area (Å²) in [4.78, 5) is 23.9. The lowest BCUT2D eigenvalue weighted by Crippen LogP contribution is -2.48. The second-order valence-corrected chi connectivity index (χ2v) is 6.09. The summed E-state index contributed by atoms with van der Waals surface area (Å²) < 4.78 is 1.88. The van der Waals surface area contributed by atoms with E-state index in [1.807, 2.05) is 42.0 Å². The first-order valence-corrected chi connectivity index (χ1v) is 7.89. The van der Waals surface area contributed by atoms with E-state index in [2.05, 4.69) is 16.0 Å². The quantitative estimate of drug-likeness (QED) is 0.766. The highest BCUT2D eigenvalue weighted by Crippen LogP contribution is 2.23. The number of carbonyl (C=O) groups excluding carboxylic acids is 2. The minimum absolute atomic E-state index is 0. The minimum atomic E-state index is -0.0527. The third-order valence-electron chi connectivity index (χ3n) is 4.57. The molecular formula is C17H23ClN4O2. The van der Waals surface area contributed by atoms with E-state index in [9.17, 15) is 9.59 Å². The molecule has 1 fully saturated rings. The summed E-state index contributed by atoms with van der Waals surface area (Å²) in [6.45, 7) is 4.04. The summed E-state index contributed by atoms with van der Waals surface area (Å²) in [5.74, 6) is 0.392. The van der Waals surface area contributed by atoms with Crippen molar-refractivity contribution in [2.24, 2.45) is 11.8 Å². The van der Waals surface area contributed by atoms with Crippen molar-refractivity contribution in [2.75, 3.05) is 25.5 Å². The van der Waals surface area contributed by atoms with Crippen molar-refractivity contribution < 1.29 is 9.59 Å². The Balaban J connectivity index is 0.00000208. The molecule has 2 amide bonds. The molecule has 130 valence electrons. The zero-order valence-electron chi connectivity index (χ0n) is 13.8. The Morgan fingerprint density at radius 3 is 2.71 bits per heavy atom. The molecule has 1 aromatic heterocycles. The SMILES string of the molecule is CNC(=O)Cn1ccc2ccc(NC(=O)C(C)C3CNC3)cc21.Cl. The Morgan fingerprint density at radius 2 is 2.08 bits per heavy atom. The molecule has 0 saturated carbocycles. The number of aromatic nitrogens is 1. The van der Waals surface area contributed by atoms with Gasteiger partial charge >= 0.3 is 0 Å². The fraction of sp³-hybridized carbons (Fsp3) is 0.412. The number of nitrogens with one attached hydrogen (secondary N) is 3. The summed E-state index contributed by atoms with van der Waals surface area (Å²) in [5, 5.41) is 9.84.